The normalized spacial score (nSPS) is 13.6. The molecule has 3 N–H and O–H groups in total. The van der Waals surface area contributed by atoms with Crippen molar-refractivity contribution >= 4 is 5.91 Å². The van der Waals surface area contributed by atoms with Crippen molar-refractivity contribution in [2.24, 2.45) is 0 Å². The Morgan fingerprint density at radius 3 is 1.43 bits per heavy atom. The van der Waals surface area contributed by atoms with Crippen molar-refractivity contribution in [2.75, 3.05) is 6.61 Å². The number of unbranched alkanes of at least 4 members (excludes halogenated alkanes) is 22. The van der Waals surface area contributed by atoms with Crippen LogP contribution in [0.1, 0.15) is 194 Å². The van der Waals surface area contributed by atoms with E-state index in [9.17, 15) is 15.0 Å². The van der Waals surface area contributed by atoms with Crippen LogP contribution in [0.15, 0.2) is 48.6 Å². The number of aliphatic hydroxyl groups is 2. The molecule has 2 unspecified atom stereocenters. The summed E-state index contributed by atoms with van der Waals surface area (Å²) in [7, 11) is 0. The van der Waals surface area contributed by atoms with E-state index in [1.165, 1.54) is 116 Å². The van der Waals surface area contributed by atoms with Crippen LogP contribution in [0.3, 0.4) is 0 Å². The summed E-state index contributed by atoms with van der Waals surface area (Å²) in [6, 6.07) is -0.637. The zero-order valence-electron chi connectivity index (χ0n) is 30.6. The molecule has 4 nitrogen and oxygen atoms in total. The van der Waals surface area contributed by atoms with Gasteiger partial charge in [0.25, 0.3) is 0 Å². The second kappa shape index (κ2) is 37.8. The van der Waals surface area contributed by atoms with Crippen LogP contribution in [0.4, 0.5) is 0 Å². The second-order valence-electron chi connectivity index (χ2n) is 13.3. The fourth-order valence-corrected chi connectivity index (χ4v) is 5.78. The summed E-state index contributed by atoms with van der Waals surface area (Å²) in [6.45, 7) is 4.18. The molecule has 0 bridgehead atoms. The lowest BCUT2D eigenvalue weighted by atomic mass is 10.0. The highest BCUT2D eigenvalue weighted by atomic mass is 16.3. The van der Waals surface area contributed by atoms with Gasteiger partial charge in [0.05, 0.1) is 18.8 Å². The smallest absolute Gasteiger partial charge is 0.220 e. The second-order valence-corrected chi connectivity index (χ2v) is 13.3. The van der Waals surface area contributed by atoms with Gasteiger partial charge in [0.1, 0.15) is 0 Å². The molecule has 0 spiro atoms. The Labute approximate surface area is 286 Å². The number of rotatable bonds is 35. The number of aliphatic hydroxyl groups excluding tert-OH is 2. The number of carbonyl (C=O) groups is 1. The van der Waals surface area contributed by atoms with Crippen molar-refractivity contribution in [1.82, 2.24) is 5.32 Å². The van der Waals surface area contributed by atoms with E-state index in [2.05, 4.69) is 55.6 Å². The third-order valence-electron chi connectivity index (χ3n) is 8.82. The Kier molecular flexibility index (Phi) is 36.4. The SMILES string of the molecule is CC/C=C\C/C=C\C/C=C\CCCCCC(=O)NC(CO)C(O)/C=C/CCCCCCCCCCCCCCCCCCCCC. The quantitative estimate of drug-likeness (QED) is 0.0475. The van der Waals surface area contributed by atoms with Gasteiger partial charge in [0, 0.05) is 6.42 Å². The molecule has 0 aliphatic heterocycles. The Hall–Kier alpha value is -1.65. The van der Waals surface area contributed by atoms with E-state index in [0.29, 0.717) is 6.42 Å². The number of amides is 1. The maximum Gasteiger partial charge on any atom is 0.220 e. The first kappa shape index (κ1) is 44.4. The topological polar surface area (TPSA) is 69.6 Å². The molecule has 4 heteroatoms. The van der Waals surface area contributed by atoms with Gasteiger partial charge in [-0.3, -0.25) is 4.79 Å². The molecular formula is C42H77NO3. The Bertz CT molecular complexity index is 741. The zero-order chi connectivity index (χ0) is 33.6. The van der Waals surface area contributed by atoms with Crippen molar-refractivity contribution in [2.45, 2.75) is 206 Å². The molecule has 0 fully saturated rings. The summed E-state index contributed by atoms with van der Waals surface area (Å²) in [4.78, 5) is 12.3. The molecule has 0 saturated heterocycles. The van der Waals surface area contributed by atoms with E-state index >= 15 is 0 Å². The lowest BCUT2D eigenvalue weighted by Gasteiger charge is -2.19. The van der Waals surface area contributed by atoms with Crippen LogP contribution in [0.5, 0.6) is 0 Å². The van der Waals surface area contributed by atoms with Gasteiger partial charge in [-0.2, -0.15) is 0 Å². The largest absolute Gasteiger partial charge is 0.394 e. The lowest BCUT2D eigenvalue weighted by Crippen LogP contribution is -2.45. The Balaban J connectivity index is 3.61. The van der Waals surface area contributed by atoms with Gasteiger partial charge in [-0.1, -0.05) is 184 Å². The first-order chi connectivity index (χ1) is 22.7. The third-order valence-corrected chi connectivity index (χ3v) is 8.82. The number of hydrogen-bond acceptors (Lipinski definition) is 3. The van der Waals surface area contributed by atoms with Gasteiger partial charge >= 0.3 is 0 Å². The standard InChI is InChI=1S/C42H77NO3/c1-3-5-7-9-11-13-15-17-18-19-20-21-22-23-24-26-27-29-31-33-35-37-41(45)40(39-44)43-42(46)38-36-34-32-30-28-25-16-14-12-10-8-6-4-2/h6,8,12,14,25,28,35,37,40-41,44-45H,3-5,7,9-11,13,15-24,26-27,29-34,36,38-39H2,1-2H3,(H,43,46)/b8-6-,14-12-,28-25-,37-35+. The van der Waals surface area contributed by atoms with Gasteiger partial charge in [-0.05, 0) is 51.4 Å². The van der Waals surface area contributed by atoms with Crippen molar-refractivity contribution < 1.29 is 15.0 Å². The molecular weight excluding hydrogens is 566 g/mol. The third kappa shape index (κ3) is 33.7. The monoisotopic (exact) mass is 644 g/mol. The molecule has 0 aromatic heterocycles. The Morgan fingerprint density at radius 1 is 0.543 bits per heavy atom. The van der Waals surface area contributed by atoms with E-state index in [4.69, 9.17) is 0 Å². The summed E-state index contributed by atoms with van der Waals surface area (Å²) in [5.41, 5.74) is 0. The minimum Gasteiger partial charge on any atom is -0.394 e. The molecule has 0 rings (SSSR count). The highest BCUT2D eigenvalue weighted by Gasteiger charge is 2.17. The van der Waals surface area contributed by atoms with Crippen LogP contribution in [0, 0.1) is 0 Å². The number of allylic oxidation sites excluding steroid dienone is 7. The fraction of sp³-hybridized carbons (Fsp3) is 0.786. The first-order valence-electron chi connectivity index (χ1n) is 19.9. The number of carbonyl (C=O) groups excluding carboxylic acids is 1. The van der Waals surface area contributed by atoms with E-state index in [1.807, 2.05) is 6.08 Å². The average Bonchev–Trinajstić information content (AvgIpc) is 3.06. The predicted molar refractivity (Wildman–Crippen MR) is 202 cm³/mol. The molecule has 0 aromatic carbocycles. The van der Waals surface area contributed by atoms with Crippen LogP contribution < -0.4 is 5.32 Å². The Morgan fingerprint density at radius 2 is 0.957 bits per heavy atom. The number of nitrogens with one attached hydrogen (secondary N) is 1. The summed E-state index contributed by atoms with van der Waals surface area (Å²) < 4.78 is 0. The molecule has 0 heterocycles. The van der Waals surface area contributed by atoms with Crippen molar-refractivity contribution in [3.63, 3.8) is 0 Å². The molecule has 0 aromatic rings. The van der Waals surface area contributed by atoms with Gasteiger partial charge in [-0.25, -0.2) is 0 Å². The summed E-state index contributed by atoms with van der Waals surface area (Å²) in [5.74, 6) is -0.0943. The summed E-state index contributed by atoms with van der Waals surface area (Å²) >= 11 is 0. The molecule has 0 aliphatic rings. The minimum absolute atomic E-state index is 0.0943. The van der Waals surface area contributed by atoms with E-state index in [1.54, 1.807) is 6.08 Å². The maximum atomic E-state index is 12.3. The van der Waals surface area contributed by atoms with Crippen LogP contribution in [0.2, 0.25) is 0 Å². The van der Waals surface area contributed by atoms with Gasteiger partial charge in [-0.15, -0.1) is 0 Å². The van der Waals surface area contributed by atoms with Crippen molar-refractivity contribution in [3.05, 3.63) is 48.6 Å². The van der Waals surface area contributed by atoms with Crippen LogP contribution in [-0.4, -0.2) is 34.9 Å². The van der Waals surface area contributed by atoms with Crippen molar-refractivity contribution in [3.8, 4) is 0 Å². The molecule has 0 aliphatic carbocycles. The van der Waals surface area contributed by atoms with E-state index in [0.717, 1.165) is 57.8 Å². The number of hydrogen-bond donors (Lipinski definition) is 3. The average molecular weight is 644 g/mol. The lowest BCUT2D eigenvalue weighted by molar-refractivity contribution is -0.123. The highest BCUT2D eigenvalue weighted by molar-refractivity contribution is 5.76. The van der Waals surface area contributed by atoms with Gasteiger partial charge in [0.2, 0.25) is 5.91 Å². The molecule has 1 amide bonds. The minimum atomic E-state index is -0.851. The zero-order valence-corrected chi connectivity index (χ0v) is 30.6. The highest BCUT2D eigenvalue weighted by Crippen LogP contribution is 2.15. The molecule has 2 atom stereocenters. The van der Waals surface area contributed by atoms with E-state index in [-0.39, 0.29) is 12.5 Å². The fourth-order valence-electron chi connectivity index (χ4n) is 5.78. The molecule has 268 valence electrons. The maximum absolute atomic E-state index is 12.3. The van der Waals surface area contributed by atoms with Gasteiger partial charge in [0.15, 0.2) is 0 Å². The molecule has 0 saturated carbocycles. The van der Waals surface area contributed by atoms with Gasteiger partial charge < -0.3 is 15.5 Å². The predicted octanol–water partition coefficient (Wildman–Crippen LogP) is 12.0. The molecule has 0 radical (unpaired) electrons. The van der Waals surface area contributed by atoms with E-state index < -0.39 is 12.1 Å². The summed E-state index contributed by atoms with van der Waals surface area (Å²) in [6.07, 6.45) is 50.7. The van der Waals surface area contributed by atoms with Crippen molar-refractivity contribution in [1.29, 1.82) is 0 Å². The molecule has 46 heavy (non-hydrogen) atoms. The van der Waals surface area contributed by atoms with Crippen LogP contribution in [-0.2, 0) is 4.79 Å². The van der Waals surface area contributed by atoms with Crippen LogP contribution >= 0.6 is 0 Å². The summed E-state index contributed by atoms with van der Waals surface area (Å²) in [5, 5.41) is 22.9. The van der Waals surface area contributed by atoms with Crippen LogP contribution in [0.25, 0.3) is 0 Å². The first-order valence-corrected chi connectivity index (χ1v) is 19.9.